The number of nitrogens with zero attached hydrogens (tertiary/aromatic N) is 2. The molecule has 0 unspecified atom stereocenters. The molecule has 1 aromatic rings. The summed E-state index contributed by atoms with van der Waals surface area (Å²) in [6, 6.07) is 5.59. The zero-order valence-corrected chi connectivity index (χ0v) is 17.8. The average Bonchev–Trinajstić information content (AvgIpc) is 2.98. The number of fused-ring (bicyclic) bond motifs is 1. The maximum atomic E-state index is 12.0. The van der Waals surface area contributed by atoms with E-state index in [1.807, 2.05) is 23.1 Å². The van der Waals surface area contributed by atoms with Crippen molar-refractivity contribution in [1.82, 2.24) is 0 Å². The van der Waals surface area contributed by atoms with Gasteiger partial charge < -0.3 is 9.80 Å². The molecule has 3 heterocycles. The fourth-order valence-corrected chi connectivity index (χ4v) is 7.83. The predicted molar refractivity (Wildman–Crippen MR) is 112 cm³/mol. The highest BCUT2D eigenvalue weighted by molar-refractivity contribution is 8.93. The zero-order chi connectivity index (χ0) is 16.9. The summed E-state index contributed by atoms with van der Waals surface area (Å²) in [6.45, 7) is 1.96. The van der Waals surface area contributed by atoms with E-state index in [2.05, 4.69) is 4.90 Å². The van der Waals surface area contributed by atoms with Gasteiger partial charge >= 0.3 is 0 Å². The van der Waals surface area contributed by atoms with Crippen LogP contribution in [0.15, 0.2) is 18.2 Å². The van der Waals surface area contributed by atoms with Crippen molar-refractivity contribution in [2.45, 2.75) is 30.6 Å². The highest BCUT2D eigenvalue weighted by atomic mass is 79.9. The Labute approximate surface area is 168 Å². The van der Waals surface area contributed by atoms with Crippen molar-refractivity contribution in [2.24, 2.45) is 0 Å². The summed E-state index contributed by atoms with van der Waals surface area (Å²) in [5.74, 6) is 0.308. The van der Waals surface area contributed by atoms with E-state index in [0.29, 0.717) is 10.2 Å². The number of nitrogens with one attached hydrogen (secondary N) is 1. The van der Waals surface area contributed by atoms with Gasteiger partial charge in [0.2, 0.25) is 0 Å². The first-order valence-corrected chi connectivity index (χ1v) is 11.3. The zero-order valence-electron chi connectivity index (χ0n) is 13.7. The molecule has 1 aromatic carbocycles. The van der Waals surface area contributed by atoms with E-state index in [9.17, 15) is 8.42 Å². The number of thioether (sulfide) groups is 1. The van der Waals surface area contributed by atoms with Crippen LogP contribution in [-0.2, 0) is 9.84 Å². The fraction of sp³-hybridized carbons (Fsp3) is 0.562. The Morgan fingerprint density at radius 1 is 1.12 bits per heavy atom. The summed E-state index contributed by atoms with van der Waals surface area (Å²) in [4.78, 5) is 4.24. The topological polar surface area (TPSA) is 64.5 Å². The van der Waals surface area contributed by atoms with Gasteiger partial charge in [-0.1, -0.05) is 23.4 Å². The molecule has 138 valence electrons. The lowest BCUT2D eigenvalue weighted by Gasteiger charge is -2.34. The minimum atomic E-state index is -3.01. The molecule has 2 atom stereocenters. The fourth-order valence-electron chi connectivity index (χ4n) is 3.88. The molecule has 0 bridgehead atoms. The molecule has 9 heteroatoms. The Kier molecular flexibility index (Phi) is 5.63. The monoisotopic (exact) mass is 465 g/mol. The van der Waals surface area contributed by atoms with Gasteiger partial charge in [-0.15, -0.1) is 17.0 Å². The van der Waals surface area contributed by atoms with Crippen LogP contribution in [0.25, 0.3) is 0 Å². The van der Waals surface area contributed by atoms with Crippen molar-refractivity contribution in [3.8, 4) is 0 Å². The van der Waals surface area contributed by atoms with E-state index in [1.165, 1.54) is 18.2 Å². The van der Waals surface area contributed by atoms with Crippen LogP contribution in [0.4, 0.5) is 11.4 Å². The molecule has 5 nitrogen and oxygen atoms in total. The van der Waals surface area contributed by atoms with E-state index in [-0.39, 0.29) is 39.8 Å². The van der Waals surface area contributed by atoms with E-state index in [0.717, 1.165) is 37.3 Å². The van der Waals surface area contributed by atoms with Crippen LogP contribution in [0.3, 0.4) is 0 Å². The number of sulfone groups is 1. The maximum absolute atomic E-state index is 12.0. The first-order chi connectivity index (χ1) is 11.4. The molecule has 3 fully saturated rings. The summed E-state index contributed by atoms with van der Waals surface area (Å²) in [5, 5.41) is 9.46. The van der Waals surface area contributed by atoms with Gasteiger partial charge in [0.25, 0.3) is 0 Å². The van der Waals surface area contributed by atoms with Crippen LogP contribution in [0, 0.1) is 5.41 Å². The molecule has 0 spiro atoms. The van der Waals surface area contributed by atoms with Crippen molar-refractivity contribution in [3.63, 3.8) is 0 Å². The minimum absolute atomic E-state index is 0. The highest BCUT2D eigenvalue weighted by Gasteiger charge is 2.49. The molecule has 3 aliphatic heterocycles. The highest BCUT2D eigenvalue weighted by Crippen LogP contribution is 2.44. The number of amidine groups is 1. The van der Waals surface area contributed by atoms with Crippen molar-refractivity contribution in [2.75, 3.05) is 34.4 Å². The third-order valence-corrected chi connectivity index (χ3v) is 8.35. The Morgan fingerprint density at radius 2 is 1.84 bits per heavy atom. The first kappa shape index (κ1) is 19.3. The van der Waals surface area contributed by atoms with Crippen molar-refractivity contribution >= 4 is 66.7 Å². The molecule has 0 radical (unpaired) electrons. The molecule has 4 rings (SSSR count). The number of rotatable bonds is 2. The van der Waals surface area contributed by atoms with Crippen LogP contribution in [0.2, 0.25) is 5.02 Å². The molecular weight excluding hydrogens is 446 g/mol. The molecule has 3 aliphatic rings. The quantitative estimate of drug-likeness (QED) is 0.722. The largest absolute Gasteiger partial charge is 0.370 e. The van der Waals surface area contributed by atoms with Crippen molar-refractivity contribution < 1.29 is 8.42 Å². The first-order valence-electron chi connectivity index (χ1n) is 8.24. The van der Waals surface area contributed by atoms with Gasteiger partial charge in [-0.2, -0.15) is 0 Å². The summed E-state index contributed by atoms with van der Waals surface area (Å²) in [6.07, 6.45) is 3.54. The van der Waals surface area contributed by atoms with E-state index in [1.54, 1.807) is 0 Å². The van der Waals surface area contributed by atoms with Crippen LogP contribution < -0.4 is 9.80 Å². The second-order valence-electron chi connectivity index (χ2n) is 6.66. The minimum Gasteiger partial charge on any atom is -0.370 e. The third-order valence-electron chi connectivity index (χ3n) is 4.98. The van der Waals surface area contributed by atoms with Crippen LogP contribution >= 0.6 is 40.3 Å². The third kappa shape index (κ3) is 3.68. The summed E-state index contributed by atoms with van der Waals surface area (Å²) in [5.41, 5.74) is 1.95. The van der Waals surface area contributed by atoms with Gasteiger partial charge in [-0.3, -0.25) is 5.41 Å². The van der Waals surface area contributed by atoms with Gasteiger partial charge in [0.15, 0.2) is 15.0 Å². The number of anilines is 2. The number of hydrogen-bond donors (Lipinski definition) is 1. The van der Waals surface area contributed by atoms with Crippen LogP contribution in [-0.4, -0.2) is 49.5 Å². The molecule has 0 amide bonds. The molecule has 0 aromatic heterocycles. The van der Waals surface area contributed by atoms with Crippen molar-refractivity contribution in [3.05, 3.63) is 23.2 Å². The molecule has 0 aliphatic carbocycles. The molecule has 0 saturated carbocycles. The van der Waals surface area contributed by atoms with Gasteiger partial charge in [0.1, 0.15) is 0 Å². The Balaban J connectivity index is 0.00000182. The lowest BCUT2D eigenvalue weighted by Crippen LogP contribution is -2.39. The van der Waals surface area contributed by atoms with Crippen molar-refractivity contribution in [1.29, 1.82) is 5.41 Å². The lowest BCUT2D eigenvalue weighted by atomic mass is 10.1. The summed E-state index contributed by atoms with van der Waals surface area (Å²) >= 11 is 7.62. The van der Waals surface area contributed by atoms with E-state index >= 15 is 0 Å². The molecule has 25 heavy (non-hydrogen) atoms. The Bertz CT molecular complexity index is 784. The Morgan fingerprint density at radius 3 is 2.56 bits per heavy atom. The van der Waals surface area contributed by atoms with Gasteiger partial charge in [-0.25, -0.2) is 8.42 Å². The van der Waals surface area contributed by atoms with Gasteiger partial charge in [0.05, 0.1) is 28.9 Å². The molecular formula is C16H21BrClN3O2S2. The smallest absolute Gasteiger partial charge is 0.161 e. The van der Waals surface area contributed by atoms with Crippen LogP contribution in [0.5, 0.6) is 0 Å². The maximum Gasteiger partial charge on any atom is 0.161 e. The normalized spacial score (nSPS) is 28.0. The number of hydrogen-bond acceptors (Lipinski definition) is 5. The van der Waals surface area contributed by atoms with Gasteiger partial charge in [-0.05, 0) is 37.5 Å². The Hall–Kier alpha value is -0.440. The number of piperidine rings is 1. The second-order valence-corrected chi connectivity index (χ2v) is 10.5. The lowest BCUT2D eigenvalue weighted by molar-refractivity contribution is 0.577. The number of halogens is 2. The summed E-state index contributed by atoms with van der Waals surface area (Å²) in [7, 11) is -3.01. The van der Waals surface area contributed by atoms with Crippen LogP contribution in [0.1, 0.15) is 19.3 Å². The van der Waals surface area contributed by atoms with E-state index in [4.69, 9.17) is 17.0 Å². The predicted octanol–water partition coefficient (Wildman–Crippen LogP) is 3.56. The van der Waals surface area contributed by atoms with E-state index < -0.39 is 9.84 Å². The number of benzene rings is 1. The summed E-state index contributed by atoms with van der Waals surface area (Å²) < 4.78 is 24.1. The second kappa shape index (κ2) is 7.29. The average molecular weight is 467 g/mol. The standard InChI is InChI=1S/C16H20ClN3O2S2.BrH/c17-11-4-5-12(13(8-11)19-6-2-1-3-7-19)20-14-9-24(21,22)10-15(14)23-16(20)18;/h4-5,8,14-15,18H,1-3,6-7,9-10H2;1H/t14-,15+;/m0./s1. The molecule has 1 N–H and O–H groups in total. The van der Waals surface area contributed by atoms with Gasteiger partial charge in [0, 0.05) is 23.4 Å². The SMILES string of the molecule is Br.N=C1S[C@@H]2CS(=O)(=O)C[C@@H]2N1c1ccc(Cl)cc1N1CCCCC1. The molecule has 3 saturated heterocycles.